The van der Waals surface area contributed by atoms with Gasteiger partial charge in [-0.15, -0.1) is 0 Å². The molecule has 1 aromatic rings. The second-order valence-corrected chi connectivity index (χ2v) is 4.65. The molecule has 0 spiro atoms. The van der Waals surface area contributed by atoms with Crippen molar-refractivity contribution in [1.29, 1.82) is 0 Å². The second kappa shape index (κ2) is 5.37. The molecule has 1 aromatic heterocycles. The summed E-state index contributed by atoms with van der Waals surface area (Å²) in [6, 6.07) is 0.919. The van der Waals surface area contributed by atoms with Gasteiger partial charge in [-0.1, -0.05) is 6.42 Å². The second-order valence-electron chi connectivity index (χ2n) is 4.65. The van der Waals surface area contributed by atoms with Crippen LogP contribution < -0.4 is 11.1 Å². The molecule has 2 atom stereocenters. The first-order valence-corrected chi connectivity index (χ1v) is 6.00. The van der Waals surface area contributed by atoms with Gasteiger partial charge in [-0.2, -0.15) is 0 Å². The van der Waals surface area contributed by atoms with Crippen molar-refractivity contribution >= 4 is 0 Å². The van der Waals surface area contributed by atoms with E-state index in [1.54, 1.807) is 0 Å². The number of hydrogen-bond acceptors (Lipinski definition) is 4. The van der Waals surface area contributed by atoms with Gasteiger partial charge in [0.2, 0.25) is 0 Å². The lowest BCUT2D eigenvalue weighted by Crippen LogP contribution is -2.39. The van der Waals surface area contributed by atoms with Crippen LogP contribution in [0.15, 0.2) is 12.4 Å². The van der Waals surface area contributed by atoms with Gasteiger partial charge in [0.1, 0.15) is 0 Å². The number of rotatable bonds is 3. The van der Waals surface area contributed by atoms with E-state index in [2.05, 4.69) is 15.3 Å². The third-order valence-corrected chi connectivity index (χ3v) is 3.12. The zero-order valence-electron chi connectivity index (χ0n) is 9.82. The van der Waals surface area contributed by atoms with Gasteiger partial charge in [0, 0.05) is 31.0 Å². The minimum Gasteiger partial charge on any atom is -0.328 e. The van der Waals surface area contributed by atoms with Crippen LogP contribution in [0.4, 0.5) is 0 Å². The zero-order chi connectivity index (χ0) is 11.4. The van der Waals surface area contributed by atoms with E-state index in [1.165, 1.54) is 19.3 Å². The van der Waals surface area contributed by atoms with Crippen molar-refractivity contribution in [3.8, 4) is 0 Å². The summed E-state index contributed by atoms with van der Waals surface area (Å²) in [6.07, 6.45) is 8.36. The lowest BCUT2D eigenvalue weighted by atomic mass is 9.91. The fourth-order valence-electron chi connectivity index (χ4n) is 2.17. The molecule has 4 heteroatoms. The fourth-order valence-corrected chi connectivity index (χ4v) is 2.17. The molecule has 2 rings (SSSR count). The average Bonchev–Trinajstić information content (AvgIpc) is 2.28. The highest BCUT2D eigenvalue weighted by Crippen LogP contribution is 2.17. The Kier molecular flexibility index (Phi) is 3.85. The summed E-state index contributed by atoms with van der Waals surface area (Å²) in [5.74, 6) is 0. The summed E-state index contributed by atoms with van der Waals surface area (Å²) in [5, 5.41) is 3.51. The van der Waals surface area contributed by atoms with Crippen LogP contribution in [-0.4, -0.2) is 22.1 Å². The quantitative estimate of drug-likeness (QED) is 0.802. The van der Waals surface area contributed by atoms with Crippen LogP contribution >= 0.6 is 0 Å². The molecule has 1 aliphatic rings. The maximum Gasteiger partial charge on any atom is 0.0724 e. The standard InChI is InChI=1S/C12H20N4/c1-9-6-15-12(7-14-9)8-16-11-4-2-3-10(13)5-11/h6-7,10-11,16H,2-5,8,13H2,1H3. The predicted octanol–water partition coefficient (Wildman–Crippen LogP) is 1.14. The number of aromatic nitrogens is 2. The van der Waals surface area contributed by atoms with Gasteiger partial charge < -0.3 is 11.1 Å². The molecule has 1 saturated carbocycles. The third kappa shape index (κ3) is 3.25. The number of nitrogens with two attached hydrogens (primary N) is 1. The molecule has 0 radical (unpaired) electrons. The first-order valence-electron chi connectivity index (χ1n) is 6.00. The van der Waals surface area contributed by atoms with Crippen LogP contribution in [0.5, 0.6) is 0 Å². The zero-order valence-corrected chi connectivity index (χ0v) is 9.82. The topological polar surface area (TPSA) is 63.8 Å². The summed E-state index contributed by atoms with van der Waals surface area (Å²) in [5.41, 5.74) is 7.91. The molecule has 2 unspecified atom stereocenters. The van der Waals surface area contributed by atoms with Crippen LogP contribution in [0.1, 0.15) is 37.1 Å². The molecule has 1 fully saturated rings. The molecule has 1 heterocycles. The Morgan fingerprint density at radius 3 is 2.94 bits per heavy atom. The van der Waals surface area contributed by atoms with E-state index in [9.17, 15) is 0 Å². The summed E-state index contributed by atoms with van der Waals surface area (Å²) in [4.78, 5) is 8.56. The van der Waals surface area contributed by atoms with Crippen LogP contribution in [-0.2, 0) is 6.54 Å². The van der Waals surface area contributed by atoms with Crippen LogP contribution in [0.25, 0.3) is 0 Å². The SMILES string of the molecule is Cc1cnc(CNC2CCCC(N)C2)cn1. The summed E-state index contributed by atoms with van der Waals surface area (Å²) in [7, 11) is 0. The Hall–Kier alpha value is -1.00. The van der Waals surface area contributed by atoms with Gasteiger partial charge in [-0.25, -0.2) is 0 Å². The number of hydrogen-bond donors (Lipinski definition) is 2. The van der Waals surface area contributed by atoms with E-state index >= 15 is 0 Å². The molecule has 0 amide bonds. The van der Waals surface area contributed by atoms with E-state index < -0.39 is 0 Å². The van der Waals surface area contributed by atoms with Crippen LogP contribution in [0.3, 0.4) is 0 Å². The number of aryl methyl sites for hydroxylation is 1. The molecule has 0 aromatic carbocycles. The van der Waals surface area contributed by atoms with Crippen molar-refractivity contribution < 1.29 is 0 Å². The van der Waals surface area contributed by atoms with Crippen molar-refractivity contribution in [3.63, 3.8) is 0 Å². The monoisotopic (exact) mass is 220 g/mol. The molecule has 4 nitrogen and oxygen atoms in total. The molecule has 88 valence electrons. The van der Waals surface area contributed by atoms with Gasteiger partial charge >= 0.3 is 0 Å². The van der Waals surface area contributed by atoms with Crippen LogP contribution in [0.2, 0.25) is 0 Å². The lowest BCUT2D eigenvalue weighted by molar-refractivity contribution is 0.337. The molecular weight excluding hydrogens is 200 g/mol. The van der Waals surface area contributed by atoms with Gasteiger partial charge in [-0.3, -0.25) is 9.97 Å². The van der Waals surface area contributed by atoms with E-state index in [1.807, 2.05) is 19.3 Å². The third-order valence-electron chi connectivity index (χ3n) is 3.12. The van der Waals surface area contributed by atoms with Crippen molar-refractivity contribution in [2.24, 2.45) is 5.73 Å². The number of nitrogens with one attached hydrogen (secondary N) is 1. The first kappa shape index (κ1) is 11.5. The van der Waals surface area contributed by atoms with Gasteiger partial charge in [0.25, 0.3) is 0 Å². The molecule has 0 bridgehead atoms. The summed E-state index contributed by atoms with van der Waals surface area (Å²) in [6.45, 7) is 2.75. The van der Waals surface area contributed by atoms with Gasteiger partial charge in [0.05, 0.1) is 11.4 Å². The number of nitrogens with zero attached hydrogens (tertiary/aromatic N) is 2. The Morgan fingerprint density at radius 2 is 2.25 bits per heavy atom. The first-order chi connectivity index (χ1) is 7.74. The lowest BCUT2D eigenvalue weighted by Gasteiger charge is -2.27. The summed E-state index contributed by atoms with van der Waals surface area (Å²) >= 11 is 0. The Morgan fingerprint density at radius 1 is 1.38 bits per heavy atom. The van der Waals surface area contributed by atoms with E-state index in [0.717, 1.165) is 24.4 Å². The fraction of sp³-hybridized carbons (Fsp3) is 0.667. The predicted molar refractivity (Wildman–Crippen MR) is 63.8 cm³/mol. The maximum atomic E-state index is 5.95. The van der Waals surface area contributed by atoms with E-state index in [-0.39, 0.29) is 0 Å². The van der Waals surface area contributed by atoms with Crippen molar-refractivity contribution in [3.05, 3.63) is 23.8 Å². The highest BCUT2D eigenvalue weighted by molar-refractivity contribution is 5.00. The minimum absolute atomic E-state index is 0.371. The largest absolute Gasteiger partial charge is 0.328 e. The maximum absolute atomic E-state index is 5.95. The minimum atomic E-state index is 0.371. The molecule has 16 heavy (non-hydrogen) atoms. The van der Waals surface area contributed by atoms with Gasteiger partial charge in [0.15, 0.2) is 0 Å². The van der Waals surface area contributed by atoms with Gasteiger partial charge in [-0.05, 0) is 26.2 Å². The molecule has 0 aliphatic heterocycles. The smallest absolute Gasteiger partial charge is 0.0724 e. The molecule has 3 N–H and O–H groups in total. The van der Waals surface area contributed by atoms with Crippen molar-refractivity contribution in [1.82, 2.24) is 15.3 Å². The molecule has 0 saturated heterocycles. The van der Waals surface area contributed by atoms with Crippen molar-refractivity contribution in [2.45, 2.75) is 51.2 Å². The highest BCUT2D eigenvalue weighted by atomic mass is 14.9. The average molecular weight is 220 g/mol. The van der Waals surface area contributed by atoms with Crippen molar-refractivity contribution in [2.75, 3.05) is 0 Å². The molecular formula is C12H20N4. The normalized spacial score (nSPS) is 25.6. The van der Waals surface area contributed by atoms with E-state index in [0.29, 0.717) is 12.1 Å². The van der Waals surface area contributed by atoms with Crippen LogP contribution in [0, 0.1) is 6.92 Å². The van der Waals surface area contributed by atoms with E-state index in [4.69, 9.17) is 5.73 Å². The highest BCUT2D eigenvalue weighted by Gasteiger charge is 2.18. The molecule has 1 aliphatic carbocycles. The Balaban J connectivity index is 1.80. The summed E-state index contributed by atoms with van der Waals surface area (Å²) < 4.78 is 0. The Labute approximate surface area is 96.7 Å². The Bertz CT molecular complexity index is 322.